The number of aromatic hydroxyl groups is 1. The molecule has 0 aliphatic carbocycles. The third-order valence-electron chi connectivity index (χ3n) is 2.97. The molecule has 18 heavy (non-hydrogen) atoms. The summed E-state index contributed by atoms with van der Waals surface area (Å²) in [6.07, 6.45) is 2.26. The van der Waals surface area contributed by atoms with Gasteiger partial charge in [-0.1, -0.05) is 24.3 Å². The fraction of sp³-hybridized carbons (Fsp3) is 0.143. The molecule has 0 radical (unpaired) electrons. The predicted octanol–water partition coefficient (Wildman–Crippen LogP) is 2.33. The topological polar surface area (TPSA) is 50.4 Å². The molecule has 4 heteroatoms. The number of aromatic nitrogens is 3. The van der Waals surface area contributed by atoms with Crippen LogP contribution in [-0.2, 0) is 6.42 Å². The van der Waals surface area contributed by atoms with Crippen molar-refractivity contribution in [2.45, 2.75) is 13.3 Å². The van der Waals surface area contributed by atoms with Crippen molar-refractivity contribution in [1.82, 2.24) is 14.6 Å². The Morgan fingerprint density at radius 1 is 1.17 bits per heavy atom. The average molecular weight is 239 g/mol. The second-order valence-electron chi connectivity index (χ2n) is 4.32. The largest absolute Gasteiger partial charge is 0.506 e. The van der Waals surface area contributed by atoms with Gasteiger partial charge in [-0.05, 0) is 30.2 Å². The highest BCUT2D eigenvalue weighted by atomic mass is 16.3. The van der Waals surface area contributed by atoms with E-state index in [-0.39, 0.29) is 5.75 Å². The van der Waals surface area contributed by atoms with Crippen molar-refractivity contribution in [3.05, 3.63) is 59.5 Å². The van der Waals surface area contributed by atoms with Gasteiger partial charge in [0.25, 0.3) is 0 Å². The van der Waals surface area contributed by atoms with Gasteiger partial charge < -0.3 is 5.11 Å². The van der Waals surface area contributed by atoms with Gasteiger partial charge in [0.1, 0.15) is 5.75 Å². The Bertz CT molecular complexity index is 703. The molecule has 4 nitrogen and oxygen atoms in total. The number of pyridine rings is 1. The molecule has 1 N–H and O–H groups in total. The van der Waals surface area contributed by atoms with Crippen LogP contribution in [-0.4, -0.2) is 19.7 Å². The number of hydrogen-bond donors (Lipinski definition) is 1. The molecule has 0 saturated heterocycles. The van der Waals surface area contributed by atoms with Gasteiger partial charge in [0.15, 0.2) is 11.5 Å². The lowest BCUT2D eigenvalue weighted by atomic mass is 10.1. The first kappa shape index (κ1) is 10.8. The Morgan fingerprint density at radius 3 is 2.83 bits per heavy atom. The summed E-state index contributed by atoms with van der Waals surface area (Å²) < 4.78 is 1.60. The van der Waals surface area contributed by atoms with Crippen molar-refractivity contribution < 1.29 is 5.11 Å². The summed E-state index contributed by atoms with van der Waals surface area (Å²) in [6, 6.07) is 11.6. The summed E-state index contributed by atoms with van der Waals surface area (Å²) in [6.45, 7) is 2.08. The molecule has 0 saturated carbocycles. The van der Waals surface area contributed by atoms with Crippen molar-refractivity contribution >= 4 is 5.65 Å². The normalized spacial score (nSPS) is 10.9. The van der Waals surface area contributed by atoms with Crippen LogP contribution in [0.25, 0.3) is 5.65 Å². The molecule has 1 aromatic carbocycles. The summed E-state index contributed by atoms with van der Waals surface area (Å²) in [5.74, 6) is 0.949. The zero-order chi connectivity index (χ0) is 12.5. The van der Waals surface area contributed by atoms with E-state index >= 15 is 0 Å². The number of benzene rings is 1. The predicted molar refractivity (Wildman–Crippen MR) is 68.6 cm³/mol. The van der Waals surface area contributed by atoms with E-state index in [0.717, 1.165) is 11.5 Å². The van der Waals surface area contributed by atoms with E-state index in [9.17, 15) is 5.11 Å². The lowest BCUT2D eigenvalue weighted by Gasteiger charge is -2.01. The third kappa shape index (κ3) is 1.93. The lowest BCUT2D eigenvalue weighted by molar-refractivity contribution is 0.470. The molecule has 0 unspecified atom stereocenters. The summed E-state index contributed by atoms with van der Waals surface area (Å²) in [5.41, 5.74) is 3.20. The van der Waals surface area contributed by atoms with E-state index in [1.54, 1.807) is 22.8 Å². The molecular formula is C14H13N3O. The first-order chi connectivity index (χ1) is 8.72. The molecule has 0 aliphatic heterocycles. The van der Waals surface area contributed by atoms with Crippen LogP contribution in [0.5, 0.6) is 5.75 Å². The average Bonchev–Trinajstić information content (AvgIpc) is 2.73. The van der Waals surface area contributed by atoms with E-state index in [1.807, 2.05) is 12.1 Å². The lowest BCUT2D eigenvalue weighted by Crippen LogP contribution is -1.94. The molecule has 2 aromatic heterocycles. The Hall–Kier alpha value is -2.36. The first-order valence-electron chi connectivity index (χ1n) is 5.81. The fourth-order valence-corrected chi connectivity index (χ4v) is 1.97. The SMILES string of the molecule is Cc1ccccc1Cc1nc2ccc(O)cn2n1. The van der Waals surface area contributed by atoms with Gasteiger partial charge in [-0.2, -0.15) is 5.10 Å². The van der Waals surface area contributed by atoms with Gasteiger partial charge in [0.05, 0.1) is 6.20 Å². The van der Waals surface area contributed by atoms with Gasteiger partial charge in [0.2, 0.25) is 0 Å². The number of hydrogen-bond acceptors (Lipinski definition) is 3. The Labute approximate surface area is 105 Å². The van der Waals surface area contributed by atoms with Crippen molar-refractivity contribution in [2.24, 2.45) is 0 Å². The first-order valence-corrected chi connectivity index (χ1v) is 5.81. The molecule has 2 heterocycles. The highest BCUT2D eigenvalue weighted by Crippen LogP contribution is 2.14. The smallest absolute Gasteiger partial charge is 0.156 e. The van der Waals surface area contributed by atoms with Gasteiger partial charge >= 0.3 is 0 Å². The van der Waals surface area contributed by atoms with Crippen LogP contribution in [0.3, 0.4) is 0 Å². The van der Waals surface area contributed by atoms with Crippen LogP contribution in [0.15, 0.2) is 42.6 Å². The monoisotopic (exact) mass is 239 g/mol. The minimum absolute atomic E-state index is 0.190. The highest BCUT2D eigenvalue weighted by Gasteiger charge is 2.06. The van der Waals surface area contributed by atoms with Crippen LogP contribution >= 0.6 is 0 Å². The van der Waals surface area contributed by atoms with Crippen molar-refractivity contribution in [3.8, 4) is 5.75 Å². The second-order valence-corrected chi connectivity index (χ2v) is 4.32. The molecular weight excluding hydrogens is 226 g/mol. The molecule has 3 aromatic rings. The molecule has 0 fully saturated rings. The molecule has 0 spiro atoms. The standard InChI is InChI=1S/C14H13N3O/c1-10-4-2-3-5-11(10)8-13-15-14-7-6-12(18)9-17(14)16-13/h2-7,9,18H,8H2,1H3. The number of rotatable bonds is 2. The second kappa shape index (κ2) is 4.14. The Morgan fingerprint density at radius 2 is 2.00 bits per heavy atom. The van der Waals surface area contributed by atoms with Crippen molar-refractivity contribution in [1.29, 1.82) is 0 Å². The summed E-state index contributed by atoms with van der Waals surface area (Å²) in [5, 5.41) is 13.7. The Balaban J connectivity index is 1.98. The van der Waals surface area contributed by atoms with E-state index in [2.05, 4.69) is 29.1 Å². The van der Waals surface area contributed by atoms with Crippen LogP contribution in [0, 0.1) is 6.92 Å². The quantitative estimate of drug-likeness (QED) is 0.746. The van der Waals surface area contributed by atoms with E-state index in [0.29, 0.717) is 6.42 Å². The maximum atomic E-state index is 9.38. The van der Waals surface area contributed by atoms with E-state index in [1.165, 1.54) is 11.1 Å². The molecule has 0 bridgehead atoms. The van der Waals surface area contributed by atoms with E-state index in [4.69, 9.17) is 0 Å². The molecule has 0 aliphatic rings. The molecule has 90 valence electrons. The highest BCUT2D eigenvalue weighted by molar-refractivity contribution is 5.41. The maximum absolute atomic E-state index is 9.38. The zero-order valence-corrected chi connectivity index (χ0v) is 10.0. The molecule has 0 amide bonds. The van der Waals surface area contributed by atoms with Gasteiger partial charge in [0, 0.05) is 6.42 Å². The minimum Gasteiger partial charge on any atom is -0.506 e. The van der Waals surface area contributed by atoms with Crippen LogP contribution in [0.1, 0.15) is 17.0 Å². The summed E-state index contributed by atoms with van der Waals surface area (Å²) >= 11 is 0. The van der Waals surface area contributed by atoms with Gasteiger partial charge in [-0.3, -0.25) is 0 Å². The van der Waals surface area contributed by atoms with Crippen molar-refractivity contribution in [3.63, 3.8) is 0 Å². The van der Waals surface area contributed by atoms with E-state index < -0.39 is 0 Å². The fourth-order valence-electron chi connectivity index (χ4n) is 1.97. The van der Waals surface area contributed by atoms with Crippen molar-refractivity contribution in [2.75, 3.05) is 0 Å². The van der Waals surface area contributed by atoms with Gasteiger partial charge in [-0.25, -0.2) is 9.50 Å². The minimum atomic E-state index is 0.190. The molecule has 3 rings (SSSR count). The third-order valence-corrected chi connectivity index (χ3v) is 2.97. The molecule has 0 atom stereocenters. The maximum Gasteiger partial charge on any atom is 0.156 e. The number of fused-ring (bicyclic) bond motifs is 1. The van der Waals surface area contributed by atoms with Gasteiger partial charge in [-0.15, -0.1) is 0 Å². The van der Waals surface area contributed by atoms with Crippen LogP contribution in [0.4, 0.5) is 0 Å². The summed E-state index contributed by atoms with van der Waals surface area (Å²) in [4.78, 5) is 4.43. The Kier molecular flexibility index (Phi) is 2.48. The number of aryl methyl sites for hydroxylation is 1. The number of nitrogens with zero attached hydrogens (tertiary/aromatic N) is 3. The van der Waals surface area contributed by atoms with Crippen LogP contribution in [0.2, 0.25) is 0 Å². The zero-order valence-electron chi connectivity index (χ0n) is 10.0. The van der Waals surface area contributed by atoms with Crippen LogP contribution < -0.4 is 0 Å². The summed E-state index contributed by atoms with van der Waals surface area (Å²) in [7, 11) is 0.